The predicted octanol–water partition coefficient (Wildman–Crippen LogP) is 6.76. The second kappa shape index (κ2) is 8.77. The van der Waals surface area contributed by atoms with Crippen molar-refractivity contribution < 1.29 is 9.53 Å². The van der Waals surface area contributed by atoms with Crippen molar-refractivity contribution >= 4 is 40.0 Å². The van der Waals surface area contributed by atoms with E-state index < -0.39 is 0 Å². The standard InChI is InChI=1S/C27H24Cl2N2O2/c1-3-30-24-10-5-4-9-20(24)21-13-14-31(27(32)18-7-6-8-19(15-18)33-2)25(26(21)30)17-11-12-22(28)23(29)16-17/h4-12,15-16,25H,3,13-14H2,1-2H3. The minimum absolute atomic E-state index is 0.0384. The van der Waals surface area contributed by atoms with Crippen LogP contribution in [0.15, 0.2) is 66.7 Å². The van der Waals surface area contributed by atoms with Crippen molar-refractivity contribution in [3.63, 3.8) is 0 Å². The molecule has 3 aromatic carbocycles. The van der Waals surface area contributed by atoms with E-state index in [4.69, 9.17) is 27.9 Å². The normalized spacial score (nSPS) is 15.5. The highest BCUT2D eigenvalue weighted by Crippen LogP contribution is 2.42. The number of hydrogen-bond acceptors (Lipinski definition) is 2. The molecule has 1 atom stereocenters. The molecular weight excluding hydrogens is 455 g/mol. The molecule has 4 nitrogen and oxygen atoms in total. The molecule has 0 spiro atoms. The van der Waals surface area contributed by atoms with Gasteiger partial charge in [-0.1, -0.05) is 53.5 Å². The summed E-state index contributed by atoms with van der Waals surface area (Å²) in [4.78, 5) is 15.8. The number of aryl methyl sites for hydroxylation is 1. The molecule has 1 aliphatic heterocycles. The highest BCUT2D eigenvalue weighted by Gasteiger charge is 2.37. The number of amides is 1. The maximum Gasteiger partial charge on any atom is 0.254 e. The number of carbonyl (C=O) groups is 1. The van der Waals surface area contributed by atoms with Gasteiger partial charge >= 0.3 is 0 Å². The summed E-state index contributed by atoms with van der Waals surface area (Å²) in [5.41, 5.74) is 5.16. The van der Waals surface area contributed by atoms with Gasteiger partial charge in [-0.2, -0.15) is 0 Å². The van der Waals surface area contributed by atoms with E-state index in [-0.39, 0.29) is 11.9 Å². The third kappa shape index (κ3) is 3.68. The zero-order valence-electron chi connectivity index (χ0n) is 18.5. The summed E-state index contributed by atoms with van der Waals surface area (Å²) in [6.45, 7) is 3.54. The van der Waals surface area contributed by atoms with Crippen LogP contribution in [0.1, 0.15) is 40.1 Å². The van der Waals surface area contributed by atoms with Gasteiger partial charge in [-0.15, -0.1) is 0 Å². The third-order valence-corrected chi connectivity index (χ3v) is 7.19. The largest absolute Gasteiger partial charge is 0.497 e. The summed E-state index contributed by atoms with van der Waals surface area (Å²) in [6, 6.07) is 21.1. The smallest absolute Gasteiger partial charge is 0.254 e. The van der Waals surface area contributed by atoms with Crippen molar-refractivity contribution in [3.8, 4) is 5.75 Å². The number of aromatic nitrogens is 1. The van der Waals surface area contributed by atoms with Crippen LogP contribution in [0, 0.1) is 0 Å². The van der Waals surface area contributed by atoms with Crippen LogP contribution in [0.2, 0.25) is 10.0 Å². The van der Waals surface area contributed by atoms with E-state index in [0.717, 1.165) is 24.2 Å². The number of halogens is 2. The van der Waals surface area contributed by atoms with E-state index in [2.05, 4.69) is 35.8 Å². The molecule has 168 valence electrons. The minimum atomic E-state index is -0.283. The number of nitrogens with zero attached hydrogens (tertiary/aromatic N) is 2. The van der Waals surface area contributed by atoms with Crippen molar-refractivity contribution in [2.24, 2.45) is 0 Å². The molecule has 0 fully saturated rings. The lowest BCUT2D eigenvalue weighted by molar-refractivity contribution is 0.0688. The Morgan fingerprint density at radius 3 is 2.61 bits per heavy atom. The van der Waals surface area contributed by atoms with Crippen LogP contribution >= 0.6 is 23.2 Å². The number of fused-ring (bicyclic) bond motifs is 3. The SMILES string of the molecule is CCn1c2c(c3ccccc31)CCN(C(=O)c1cccc(OC)c1)C2c1ccc(Cl)c(Cl)c1. The fraction of sp³-hybridized carbons (Fsp3) is 0.222. The maximum absolute atomic E-state index is 13.8. The molecule has 1 aliphatic rings. The van der Waals surface area contributed by atoms with Gasteiger partial charge in [0.2, 0.25) is 0 Å². The second-order valence-corrected chi connectivity index (χ2v) is 9.00. The number of rotatable bonds is 4. The number of hydrogen-bond donors (Lipinski definition) is 0. The Morgan fingerprint density at radius 2 is 1.85 bits per heavy atom. The van der Waals surface area contributed by atoms with Gasteiger partial charge in [0.25, 0.3) is 5.91 Å². The Labute approximate surface area is 203 Å². The van der Waals surface area contributed by atoms with Gasteiger partial charge in [-0.3, -0.25) is 4.79 Å². The van der Waals surface area contributed by atoms with Gasteiger partial charge in [0.05, 0.1) is 23.2 Å². The van der Waals surface area contributed by atoms with Crippen molar-refractivity contribution in [2.75, 3.05) is 13.7 Å². The zero-order valence-corrected chi connectivity index (χ0v) is 20.0. The van der Waals surface area contributed by atoms with Gasteiger partial charge in [0, 0.05) is 35.2 Å². The van der Waals surface area contributed by atoms with E-state index in [1.165, 1.54) is 16.5 Å². The first kappa shape index (κ1) is 21.9. The molecule has 1 aromatic heterocycles. The monoisotopic (exact) mass is 478 g/mol. The quantitative estimate of drug-likeness (QED) is 0.324. The van der Waals surface area contributed by atoms with Crippen molar-refractivity contribution in [1.29, 1.82) is 0 Å². The fourth-order valence-electron chi connectivity index (χ4n) is 4.98. The van der Waals surface area contributed by atoms with Gasteiger partial charge in [0.1, 0.15) is 5.75 Å². The molecule has 4 aromatic rings. The number of benzene rings is 3. The average molecular weight is 479 g/mol. The highest BCUT2D eigenvalue weighted by molar-refractivity contribution is 6.42. The molecule has 0 radical (unpaired) electrons. The molecule has 0 aliphatic carbocycles. The molecule has 1 amide bonds. The molecule has 0 N–H and O–H groups in total. The summed E-state index contributed by atoms with van der Waals surface area (Å²) < 4.78 is 7.68. The molecule has 1 unspecified atom stereocenters. The Kier molecular flexibility index (Phi) is 5.81. The van der Waals surface area contributed by atoms with Crippen molar-refractivity contribution in [1.82, 2.24) is 9.47 Å². The summed E-state index contributed by atoms with van der Waals surface area (Å²) in [6.07, 6.45) is 0.788. The van der Waals surface area contributed by atoms with Crippen LogP contribution in [0.4, 0.5) is 0 Å². The van der Waals surface area contributed by atoms with Crippen LogP contribution in [-0.4, -0.2) is 29.0 Å². The Bertz CT molecular complexity index is 1330. The number of ether oxygens (including phenoxy) is 1. The first-order chi connectivity index (χ1) is 16.0. The van der Waals surface area contributed by atoms with E-state index >= 15 is 0 Å². The summed E-state index contributed by atoms with van der Waals surface area (Å²) in [7, 11) is 1.61. The van der Waals surface area contributed by atoms with Gasteiger partial charge in [0.15, 0.2) is 0 Å². The lowest BCUT2D eigenvalue weighted by Crippen LogP contribution is -2.41. The minimum Gasteiger partial charge on any atom is -0.497 e. The first-order valence-electron chi connectivity index (χ1n) is 11.0. The Balaban J connectivity index is 1.72. The van der Waals surface area contributed by atoms with Crippen molar-refractivity contribution in [3.05, 3.63) is 99.2 Å². The zero-order chi connectivity index (χ0) is 23.1. The lowest BCUT2D eigenvalue weighted by atomic mass is 9.91. The molecule has 0 saturated carbocycles. The molecular formula is C27H24Cl2N2O2. The summed E-state index contributed by atoms with van der Waals surface area (Å²) >= 11 is 12.7. The summed E-state index contributed by atoms with van der Waals surface area (Å²) in [5.74, 6) is 0.621. The third-order valence-electron chi connectivity index (χ3n) is 6.45. The number of methoxy groups -OCH3 is 1. The predicted molar refractivity (Wildman–Crippen MR) is 134 cm³/mol. The first-order valence-corrected chi connectivity index (χ1v) is 11.8. The number of para-hydroxylation sites is 1. The molecule has 6 heteroatoms. The van der Waals surface area contributed by atoms with Crippen LogP contribution in [0.5, 0.6) is 5.75 Å². The summed E-state index contributed by atoms with van der Waals surface area (Å²) in [5, 5.41) is 2.22. The van der Waals surface area contributed by atoms with Crippen LogP contribution < -0.4 is 4.74 Å². The second-order valence-electron chi connectivity index (χ2n) is 8.18. The molecule has 0 saturated heterocycles. The molecule has 33 heavy (non-hydrogen) atoms. The topological polar surface area (TPSA) is 34.5 Å². The highest BCUT2D eigenvalue weighted by atomic mass is 35.5. The molecule has 5 rings (SSSR count). The lowest BCUT2D eigenvalue weighted by Gasteiger charge is -2.37. The molecule has 0 bridgehead atoms. The van der Waals surface area contributed by atoms with Gasteiger partial charge in [-0.25, -0.2) is 0 Å². The van der Waals surface area contributed by atoms with Gasteiger partial charge in [-0.05, 0) is 60.9 Å². The Hall–Kier alpha value is -2.95. The maximum atomic E-state index is 13.8. The number of carbonyl (C=O) groups excluding carboxylic acids is 1. The van der Waals surface area contributed by atoms with Gasteiger partial charge < -0.3 is 14.2 Å². The van der Waals surface area contributed by atoms with Crippen LogP contribution in [0.3, 0.4) is 0 Å². The van der Waals surface area contributed by atoms with E-state index in [9.17, 15) is 4.79 Å². The van der Waals surface area contributed by atoms with E-state index in [0.29, 0.717) is 27.9 Å². The van der Waals surface area contributed by atoms with E-state index in [1.54, 1.807) is 19.2 Å². The van der Waals surface area contributed by atoms with E-state index in [1.807, 2.05) is 35.2 Å². The average Bonchev–Trinajstić information content (AvgIpc) is 3.18. The molecule has 2 heterocycles. The van der Waals surface area contributed by atoms with Crippen molar-refractivity contribution in [2.45, 2.75) is 25.9 Å². The van der Waals surface area contributed by atoms with Crippen LogP contribution in [0.25, 0.3) is 10.9 Å². The Morgan fingerprint density at radius 1 is 1.03 bits per heavy atom. The van der Waals surface area contributed by atoms with Crippen LogP contribution in [-0.2, 0) is 13.0 Å². The fourth-order valence-corrected chi connectivity index (χ4v) is 5.29.